The summed E-state index contributed by atoms with van der Waals surface area (Å²) in [4.78, 5) is 7.24. The summed E-state index contributed by atoms with van der Waals surface area (Å²) in [6.07, 6.45) is 1.70. The van der Waals surface area contributed by atoms with Gasteiger partial charge in [0.1, 0.15) is 5.75 Å². The van der Waals surface area contributed by atoms with Gasteiger partial charge in [0.25, 0.3) is 0 Å². The van der Waals surface area contributed by atoms with E-state index in [1.54, 1.807) is 12.1 Å². The molecule has 0 radical (unpaired) electrons. The number of hydrogen-bond donors (Lipinski definition) is 3. The Morgan fingerprint density at radius 1 is 1.17 bits per heavy atom. The lowest BCUT2D eigenvalue weighted by atomic mass is 10.0. The van der Waals surface area contributed by atoms with Crippen molar-refractivity contribution in [3.05, 3.63) is 29.8 Å². The molecule has 1 aliphatic heterocycles. The number of halogens is 3. The second-order valence-corrected chi connectivity index (χ2v) is 7.62. The van der Waals surface area contributed by atoms with Gasteiger partial charge in [0.05, 0.1) is 12.6 Å². The molecule has 30 heavy (non-hydrogen) atoms. The molecular formula is C21H35F2IN4O2. The van der Waals surface area contributed by atoms with Crippen molar-refractivity contribution < 1.29 is 18.6 Å². The summed E-state index contributed by atoms with van der Waals surface area (Å²) < 4.78 is 28.8. The molecule has 2 unspecified atom stereocenters. The van der Waals surface area contributed by atoms with Crippen LogP contribution in [0.3, 0.4) is 0 Å². The first kappa shape index (κ1) is 26.8. The van der Waals surface area contributed by atoms with E-state index in [1.165, 1.54) is 25.0 Å². The maximum atomic E-state index is 12.2. The lowest BCUT2D eigenvalue weighted by Gasteiger charge is -2.29. The summed E-state index contributed by atoms with van der Waals surface area (Å²) >= 11 is 0. The Morgan fingerprint density at radius 2 is 1.80 bits per heavy atom. The number of ether oxygens (including phenoxy) is 1. The van der Waals surface area contributed by atoms with Gasteiger partial charge < -0.3 is 20.5 Å². The van der Waals surface area contributed by atoms with Crippen molar-refractivity contribution in [1.82, 2.24) is 15.5 Å². The first-order valence-corrected chi connectivity index (χ1v) is 10.4. The Hall–Kier alpha value is -1.20. The molecule has 1 fully saturated rings. The zero-order valence-electron chi connectivity index (χ0n) is 18.0. The third kappa shape index (κ3) is 8.89. The first-order valence-electron chi connectivity index (χ1n) is 10.4. The van der Waals surface area contributed by atoms with Crippen LogP contribution in [0.2, 0.25) is 0 Å². The number of nitrogens with zero attached hydrogens (tertiary/aromatic N) is 2. The largest absolute Gasteiger partial charge is 0.435 e. The average molecular weight is 540 g/mol. The van der Waals surface area contributed by atoms with Gasteiger partial charge in [-0.2, -0.15) is 8.78 Å². The third-order valence-corrected chi connectivity index (χ3v) is 5.11. The summed E-state index contributed by atoms with van der Waals surface area (Å²) in [5.41, 5.74) is 0.618. The zero-order chi connectivity index (χ0) is 21.2. The third-order valence-electron chi connectivity index (χ3n) is 5.11. The molecule has 1 heterocycles. The molecule has 0 amide bonds. The van der Waals surface area contributed by atoms with Gasteiger partial charge in [0.15, 0.2) is 5.96 Å². The van der Waals surface area contributed by atoms with Crippen molar-refractivity contribution in [2.75, 3.05) is 32.7 Å². The SMILES string of the molecule is CCNC(=NCC(C(C)C)N1CCCC1)NCC(O)c1ccc(OC(F)F)cc1.I. The molecule has 0 saturated carbocycles. The predicted octanol–water partition coefficient (Wildman–Crippen LogP) is 3.61. The molecule has 2 rings (SSSR count). The molecule has 172 valence electrons. The standard InChI is InChI=1S/C21H34F2N4O2.HI/c1-4-24-21(25-13-18(15(2)3)27-11-5-6-12-27)26-14-19(28)16-7-9-17(10-8-16)29-20(22)23;/h7-10,15,18-20,28H,4-6,11-14H2,1-3H3,(H2,24,25,26);1H. The van der Waals surface area contributed by atoms with Gasteiger partial charge in [0.2, 0.25) is 0 Å². The quantitative estimate of drug-likeness (QED) is 0.241. The van der Waals surface area contributed by atoms with Crippen LogP contribution in [0.4, 0.5) is 8.78 Å². The van der Waals surface area contributed by atoms with Crippen molar-refractivity contribution in [1.29, 1.82) is 0 Å². The van der Waals surface area contributed by atoms with Crippen LogP contribution in [0.5, 0.6) is 5.75 Å². The van der Waals surface area contributed by atoms with Crippen molar-refractivity contribution in [2.45, 2.75) is 52.4 Å². The normalized spacial score (nSPS) is 17.0. The summed E-state index contributed by atoms with van der Waals surface area (Å²) in [5.74, 6) is 1.24. The van der Waals surface area contributed by atoms with Crippen molar-refractivity contribution in [3.63, 3.8) is 0 Å². The van der Waals surface area contributed by atoms with Crippen molar-refractivity contribution >= 4 is 29.9 Å². The fraction of sp³-hybridized carbons (Fsp3) is 0.667. The zero-order valence-corrected chi connectivity index (χ0v) is 20.3. The molecule has 9 heteroatoms. The molecule has 1 aromatic rings. The fourth-order valence-corrected chi connectivity index (χ4v) is 3.53. The smallest absolute Gasteiger partial charge is 0.387 e. The number of alkyl halides is 2. The van der Waals surface area contributed by atoms with Crippen LogP contribution >= 0.6 is 24.0 Å². The van der Waals surface area contributed by atoms with Gasteiger partial charge in [-0.3, -0.25) is 9.89 Å². The molecule has 1 aliphatic rings. The molecular weight excluding hydrogens is 505 g/mol. The van der Waals surface area contributed by atoms with Crippen molar-refractivity contribution in [3.8, 4) is 5.75 Å². The average Bonchev–Trinajstić information content (AvgIpc) is 3.20. The predicted molar refractivity (Wildman–Crippen MR) is 127 cm³/mol. The number of benzene rings is 1. The Kier molecular flexibility index (Phi) is 12.5. The highest BCUT2D eigenvalue weighted by molar-refractivity contribution is 14.0. The van der Waals surface area contributed by atoms with Crippen LogP contribution in [0, 0.1) is 5.92 Å². The van der Waals surface area contributed by atoms with Gasteiger partial charge in [-0.15, -0.1) is 24.0 Å². The Balaban J connectivity index is 0.00000450. The topological polar surface area (TPSA) is 69.1 Å². The number of aliphatic hydroxyl groups is 1. The number of rotatable bonds is 10. The highest BCUT2D eigenvalue weighted by atomic mass is 127. The van der Waals surface area contributed by atoms with Gasteiger partial charge in [-0.05, 0) is 56.5 Å². The van der Waals surface area contributed by atoms with E-state index in [1.807, 2.05) is 6.92 Å². The number of likely N-dealkylation sites (tertiary alicyclic amines) is 1. The Bertz CT molecular complexity index is 626. The van der Waals surface area contributed by atoms with E-state index in [0.717, 1.165) is 19.6 Å². The van der Waals surface area contributed by atoms with E-state index >= 15 is 0 Å². The van der Waals surface area contributed by atoms with E-state index in [2.05, 4.69) is 34.1 Å². The maximum absolute atomic E-state index is 12.2. The number of nitrogens with one attached hydrogen (secondary N) is 2. The maximum Gasteiger partial charge on any atom is 0.387 e. The highest BCUT2D eigenvalue weighted by Crippen LogP contribution is 2.19. The molecule has 0 spiro atoms. The molecule has 0 bridgehead atoms. The van der Waals surface area contributed by atoms with E-state index in [9.17, 15) is 13.9 Å². The highest BCUT2D eigenvalue weighted by Gasteiger charge is 2.24. The first-order chi connectivity index (χ1) is 13.9. The van der Waals surface area contributed by atoms with E-state index in [4.69, 9.17) is 4.99 Å². The van der Waals surface area contributed by atoms with Crippen LogP contribution < -0.4 is 15.4 Å². The lowest BCUT2D eigenvalue weighted by Crippen LogP contribution is -2.43. The van der Waals surface area contributed by atoms with Crippen LogP contribution in [0.25, 0.3) is 0 Å². The van der Waals surface area contributed by atoms with Crippen molar-refractivity contribution in [2.24, 2.45) is 10.9 Å². The fourth-order valence-electron chi connectivity index (χ4n) is 3.53. The molecule has 1 aromatic carbocycles. The minimum atomic E-state index is -2.86. The second-order valence-electron chi connectivity index (χ2n) is 7.62. The number of guanidine groups is 1. The van der Waals surface area contributed by atoms with Crippen LogP contribution in [0.15, 0.2) is 29.3 Å². The summed E-state index contributed by atoms with van der Waals surface area (Å²) in [5, 5.41) is 16.8. The van der Waals surface area contributed by atoms with Gasteiger partial charge in [0, 0.05) is 19.1 Å². The van der Waals surface area contributed by atoms with E-state index < -0.39 is 12.7 Å². The Labute approximate surface area is 195 Å². The van der Waals surface area contributed by atoms with Gasteiger partial charge in [-0.25, -0.2) is 0 Å². The van der Waals surface area contributed by atoms with Gasteiger partial charge >= 0.3 is 6.61 Å². The summed E-state index contributed by atoms with van der Waals surface area (Å²) in [6, 6.07) is 6.41. The van der Waals surface area contributed by atoms with Crippen LogP contribution in [0.1, 0.15) is 45.3 Å². The monoisotopic (exact) mass is 540 g/mol. The number of aliphatic hydroxyl groups excluding tert-OH is 1. The summed E-state index contributed by atoms with van der Waals surface area (Å²) in [7, 11) is 0. The number of aliphatic imine (C=N–C) groups is 1. The molecule has 6 nitrogen and oxygen atoms in total. The number of hydrogen-bond acceptors (Lipinski definition) is 4. The molecule has 1 saturated heterocycles. The molecule has 0 aromatic heterocycles. The second kappa shape index (κ2) is 14.0. The Morgan fingerprint density at radius 3 is 2.33 bits per heavy atom. The van der Waals surface area contributed by atoms with Crippen LogP contribution in [-0.2, 0) is 0 Å². The minimum Gasteiger partial charge on any atom is -0.435 e. The molecule has 2 atom stereocenters. The van der Waals surface area contributed by atoms with E-state index in [-0.39, 0.29) is 36.3 Å². The van der Waals surface area contributed by atoms with Crippen LogP contribution in [-0.4, -0.2) is 61.3 Å². The molecule has 0 aliphatic carbocycles. The summed E-state index contributed by atoms with van der Waals surface area (Å²) in [6.45, 7) is 7.53. The lowest BCUT2D eigenvalue weighted by molar-refractivity contribution is -0.0498. The minimum absolute atomic E-state index is 0. The molecule has 3 N–H and O–H groups in total. The van der Waals surface area contributed by atoms with E-state index in [0.29, 0.717) is 30.0 Å². The van der Waals surface area contributed by atoms with Gasteiger partial charge in [-0.1, -0.05) is 26.0 Å².